The number of piperazine rings is 1. The van der Waals surface area contributed by atoms with Crippen LogP contribution in [0.5, 0.6) is 0 Å². The van der Waals surface area contributed by atoms with Crippen LogP contribution in [0.2, 0.25) is 0 Å². The van der Waals surface area contributed by atoms with Crippen LogP contribution in [0.4, 0.5) is 5.82 Å². The van der Waals surface area contributed by atoms with Gasteiger partial charge in [0.15, 0.2) is 16.3 Å². The summed E-state index contributed by atoms with van der Waals surface area (Å²) in [7, 11) is 3.45. The number of anilines is 1. The smallest absolute Gasteiger partial charge is 0.227 e. The van der Waals surface area contributed by atoms with Gasteiger partial charge in [0.2, 0.25) is 5.91 Å². The van der Waals surface area contributed by atoms with Crippen molar-refractivity contribution in [2.45, 2.75) is 25.2 Å². The van der Waals surface area contributed by atoms with Gasteiger partial charge in [-0.05, 0) is 47.6 Å². The SMILES string of the molecule is C=[N+](C)N=NN(C)c1ccc(CC(=O)N2CCN(CC3CCc4c(C#N)cccc43)CC2)cn1. The second-order valence-corrected chi connectivity index (χ2v) is 8.96. The number of rotatable bonds is 7. The van der Waals surface area contributed by atoms with Gasteiger partial charge in [0.1, 0.15) is 7.05 Å². The topological polar surface area (TPSA) is 91.2 Å². The number of fused-ring (bicyclic) bond motifs is 1. The van der Waals surface area contributed by atoms with E-state index in [9.17, 15) is 10.1 Å². The quantitative estimate of drug-likeness (QED) is 0.275. The van der Waals surface area contributed by atoms with Crippen molar-refractivity contribution in [1.29, 1.82) is 5.26 Å². The fourth-order valence-electron chi connectivity index (χ4n) is 4.70. The van der Waals surface area contributed by atoms with E-state index in [1.54, 1.807) is 25.3 Å². The van der Waals surface area contributed by atoms with Crippen LogP contribution in [0.1, 0.15) is 34.6 Å². The Hall–Kier alpha value is -3.64. The third-order valence-electron chi connectivity index (χ3n) is 6.54. The van der Waals surface area contributed by atoms with Crippen LogP contribution < -0.4 is 5.01 Å². The number of aromatic nitrogens is 1. The summed E-state index contributed by atoms with van der Waals surface area (Å²) in [4.78, 5) is 21.6. The number of nitriles is 1. The second kappa shape index (κ2) is 10.5. The Morgan fingerprint density at radius 3 is 2.76 bits per heavy atom. The number of hydrogen-bond acceptors (Lipinski definition) is 6. The van der Waals surface area contributed by atoms with Crippen LogP contribution in [-0.2, 0) is 17.6 Å². The molecule has 2 heterocycles. The minimum Gasteiger partial charge on any atom is -0.340 e. The number of pyridine rings is 1. The molecule has 1 atom stereocenters. The molecule has 4 rings (SSSR count). The Morgan fingerprint density at radius 1 is 1.29 bits per heavy atom. The molecule has 2 aliphatic rings. The van der Waals surface area contributed by atoms with Crippen molar-refractivity contribution in [2.24, 2.45) is 10.4 Å². The standard InChI is InChI=1S/C25H31N8O/c1-30(2)28-29-31(3)24-10-7-19(17-27-24)15-25(34)33-13-11-32(12-14-33)18-21-8-9-23-20(16-26)5-4-6-22(21)23/h4-7,10,17,21H,1,8-9,11-15,18H2,2-3H3/q+1. The first-order chi connectivity index (χ1) is 16.4. The van der Waals surface area contributed by atoms with Crippen molar-refractivity contribution in [3.8, 4) is 6.07 Å². The predicted molar refractivity (Wildman–Crippen MR) is 130 cm³/mol. The third kappa shape index (κ3) is 5.46. The summed E-state index contributed by atoms with van der Waals surface area (Å²) < 4.78 is 1.36. The molecule has 1 fully saturated rings. The number of benzene rings is 1. The van der Waals surface area contributed by atoms with Crippen molar-refractivity contribution < 1.29 is 9.48 Å². The van der Waals surface area contributed by atoms with Crippen molar-refractivity contribution >= 4 is 18.4 Å². The lowest BCUT2D eigenvalue weighted by molar-refractivity contribution is -0.503. The molecule has 0 saturated carbocycles. The second-order valence-electron chi connectivity index (χ2n) is 8.96. The van der Waals surface area contributed by atoms with Crippen LogP contribution in [0, 0.1) is 11.3 Å². The molecule has 1 aromatic carbocycles. The molecule has 176 valence electrons. The number of carbonyl (C=O) groups excluding carboxylic acids is 1. The summed E-state index contributed by atoms with van der Waals surface area (Å²) in [5.41, 5.74) is 4.26. The highest BCUT2D eigenvalue weighted by Crippen LogP contribution is 2.35. The van der Waals surface area contributed by atoms with Crippen LogP contribution >= 0.6 is 0 Å². The molecular formula is C25H31N8O+. The summed E-state index contributed by atoms with van der Waals surface area (Å²) in [5, 5.41) is 18.7. The zero-order valence-corrected chi connectivity index (χ0v) is 19.9. The fraction of sp³-hybridized carbons (Fsp3) is 0.440. The number of hydrogen-bond donors (Lipinski definition) is 0. The Morgan fingerprint density at radius 2 is 2.09 bits per heavy atom. The largest absolute Gasteiger partial charge is 0.340 e. The Balaban J connectivity index is 1.26. The van der Waals surface area contributed by atoms with Crippen LogP contribution in [0.25, 0.3) is 0 Å². The number of carbonyl (C=O) groups is 1. The van der Waals surface area contributed by atoms with Gasteiger partial charge in [-0.3, -0.25) is 9.69 Å². The molecular weight excluding hydrogens is 428 g/mol. The molecule has 1 unspecified atom stereocenters. The van der Waals surface area contributed by atoms with E-state index in [1.807, 2.05) is 29.2 Å². The highest BCUT2D eigenvalue weighted by molar-refractivity contribution is 5.78. The summed E-state index contributed by atoms with van der Waals surface area (Å²) in [6.07, 6.45) is 4.14. The fourth-order valence-corrected chi connectivity index (χ4v) is 4.70. The van der Waals surface area contributed by atoms with E-state index >= 15 is 0 Å². The molecule has 9 nitrogen and oxygen atoms in total. The normalized spacial score (nSPS) is 18.0. The average molecular weight is 460 g/mol. The molecule has 1 saturated heterocycles. The van der Waals surface area contributed by atoms with Gasteiger partial charge in [-0.2, -0.15) is 5.26 Å². The summed E-state index contributed by atoms with van der Waals surface area (Å²) in [6, 6.07) is 12.2. The zero-order valence-electron chi connectivity index (χ0n) is 19.9. The highest BCUT2D eigenvalue weighted by atomic mass is 16.2. The summed E-state index contributed by atoms with van der Waals surface area (Å²) in [5.74, 6) is 1.25. The minimum atomic E-state index is 0.130. The molecule has 1 aliphatic carbocycles. The first kappa shape index (κ1) is 23.5. The zero-order chi connectivity index (χ0) is 24.1. The Labute approximate surface area is 200 Å². The van der Waals surface area contributed by atoms with Crippen molar-refractivity contribution in [3.05, 3.63) is 58.8 Å². The number of nitrogens with zero attached hydrogens (tertiary/aromatic N) is 8. The van der Waals surface area contributed by atoms with E-state index < -0.39 is 0 Å². The van der Waals surface area contributed by atoms with Crippen molar-refractivity contribution in [1.82, 2.24) is 14.8 Å². The highest BCUT2D eigenvalue weighted by Gasteiger charge is 2.28. The monoisotopic (exact) mass is 459 g/mol. The van der Waals surface area contributed by atoms with E-state index in [0.29, 0.717) is 18.2 Å². The van der Waals surface area contributed by atoms with Gasteiger partial charge in [-0.15, -0.1) is 9.69 Å². The molecule has 0 spiro atoms. The average Bonchev–Trinajstić information content (AvgIpc) is 3.26. The summed E-state index contributed by atoms with van der Waals surface area (Å²) in [6.45, 7) is 7.84. The van der Waals surface area contributed by atoms with E-state index in [4.69, 9.17) is 0 Å². The predicted octanol–water partition coefficient (Wildman–Crippen LogP) is 2.43. The van der Waals surface area contributed by atoms with Gasteiger partial charge < -0.3 is 4.90 Å². The molecule has 0 radical (unpaired) electrons. The first-order valence-corrected chi connectivity index (χ1v) is 11.6. The Kier molecular flexibility index (Phi) is 7.28. The summed E-state index contributed by atoms with van der Waals surface area (Å²) >= 11 is 0. The number of amides is 1. The lowest BCUT2D eigenvalue weighted by atomic mass is 9.98. The van der Waals surface area contributed by atoms with Crippen molar-refractivity contribution in [2.75, 3.05) is 51.8 Å². The van der Waals surface area contributed by atoms with Crippen molar-refractivity contribution in [3.63, 3.8) is 0 Å². The minimum absolute atomic E-state index is 0.130. The lowest BCUT2D eigenvalue weighted by Crippen LogP contribution is -2.49. The van der Waals surface area contributed by atoms with E-state index in [0.717, 1.165) is 56.7 Å². The van der Waals surface area contributed by atoms with Crippen LogP contribution in [-0.4, -0.2) is 78.9 Å². The van der Waals surface area contributed by atoms with Gasteiger partial charge in [-0.25, -0.2) is 4.98 Å². The van der Waals surface area contributed by atoms with Crippen LogP contribution in [0.3, 0.4) is 0 Å². The molecule has 2 aromatic rings. The van der Waals surface area contributed by atoms with E-state index in [-0.39, 0.29) is 5.91 Å². The van der Waals surface area contributed by atoms with Crippen LogP contribution in [0.15, 0.2) is 47.0 Å². The molecule has 9 heteroatoms. The van der Waals surface area contributed by atoms with Gasteiger partial charge >= 0.3 is 0 Å². The Bertz CT molecular complexity index is 1110. The lowest BCUT2D eigenvalue weighted by Gasteiger charge is -2.36. The van der Waals surface area contributed by atoms with E-state index in [1.165, 1.54) is 15.8 Å². The van der Waals surface area contributed by atoms with Gasteiger partial charge in [0, 0.05) is 38.9 Å². The molecule has 0 bridgehead atoms. The maximum atomic E-state index is 12.8. The van der Waals surface area contributed by atoms with Gasteiger partial charge in [0.25, 0.3) is 0 Å². The molecule has 0 N–H and O–H groups in total. The van der Waals surface area contributed by atoms with E-state index in [2.05, 4.69) is 39.2 Å². The molecule has 1 aromatic heterocycles. The van der Waals surface area contributed by atoms with Gasteiger partial charge in [-0.1, -0.05) is 18.2 Å². The molecule has 34 heavy (non-hydrogen) atoms. The molecule has 1 amide bonds. The first-order valence-electron chi connectivity index (χ1n) is 11.6. The third-order valence-corrected chi connectivity index (χ3v) is 6.54. The maximum Gasteiger partial charge on any atom is 0.227 e. The molecule has 1 aliphatic heterocycles. The maximum absolute atomic E-state index is 12.8. The van der Waals surface area contributed by atoms with Gasteiger partial charge in [0.05, 0.1) is 31.8 Å².